The number of unbranched alkanes of at least 4 members (excludes halogenated alkanes) is 1. The Balaban J connectivity index is 1.85. The Morgan fingerprint density at radius 2 is 2.25 bits per heavy atom. The third-order valence-electron chi connectivity index (χ3n) is 2.46. The van der Waals surface area contributed by atoms with Crippen molar-refractivity contribution in [1.82, 2.24) is 14.7 Å². The summed E-state index contributed by atoms with van der Waals surface area (Å²) in [6.07, 6.45) is 6.53. The van der Waals surface area contributed by atoms with E-state index in [1.807, 2.05) is 24.4 Å². The van der Waals surface area contributed by atoms with Gasteiger partial charge >= 0.3 is 0 Å². The van der Waals surface area contributed by atoms with Crippen molar-refractivity contribution < 1.29 is 0 Å². The summed E-state index contributed by atoms with van der Waals surface area (Å²) in [5.74, 6) is 0. The lowest BCUT2D eigenvalue weighted by molar-refractivity contribution is 0.638. The number of rotatable bonds is 6. The van der Waals surface area contributed by atoms with E-state index in [-0.39, 0.29) is 0 Å². The molecule has 2 aromatic rings. The van der Waals surface area contributed by atoms with E-state index in [9.17, 15) is 0 Å². The second kappa shape index (κ2) is 6.01. The highest BCUT2D eigenvalue weighted by atomic mass is 79.9. The van der Waals surface area contributed by atoms with Crippen molar-refractivity contribution in [1.29, 1.82) is 0 Å². The third kappa shape index (κ3) is 3.06. The molecular weight excluding hydrogens is 266 g/mol. The van der Waals surface area contributed by atoms with Gasteiger partial charge in [0, 0.05) is 24.3 Å². The van der Waals surface area contributed by atoms with Crippen LogP contribution in [0.4, 0.5) is 0 Å². The summed E-state index contributed by atoms with van der Waals surface area (Å²) in [6.45, 7) is 1.91. The molecular formula is C12H16BrN3. The lowest BCUT2D eigenvalue weighted by Gasteiger charge is -2.00. The van der Waals surface area contributed by atoms with Crippen molar-refractivity contribution in [2.75, 3.05) is 11.9 Å². The molecule has 0 spiro atoms. The van der Waals surface area contributed by atoms with Gasteiger partial charge in [0.15, 0.2) is 0 Å². The van der Waals surface area contributed by atoms with Crippen molar-refractivity contribution in [2.24, 2.45) is 0 Å². The third-order valence-corrected chi connectivity index (χ3v) is 3.02. The zero-order chi connectivity index (χ0) is 11.2. The van der Waals surface area contributed by atoms with Gasteiger partial charge in [-0.1, -0.05) is 22.0 Å². The van der Waals surface area contributed by atoms with Crippen LogP contribution in [0.25, 0.3) is 5.65 Å². The quantitative estimate of drug-likeness (QED) is 0.652. The van der Waals surface area contributed by atoms with Gasteiger partial charge in [-0.2, -0.15) is 0 Å². The highest BCUT2D eigenvalue weighted by Gasteiger charge is 1.99. The summed E-state index contributed by atoms with van der Waals surface area (Å²) in [7, 11) is 0. The van der Waals surface area contributed by atoms with Crippen LogP contribution < -0.4 is 5.32 Å². The van der Waals surface area contributed by atoms with Gasteiger partial charge in [-0.3, -0.25) is 0 Å². The topological polar surface area (TPSA) is 29.3 Å². The highest BCUT2D eigenvalue weighted by molar-refractivity contribution is 9.09. The van der Waals surface area contributed by atoms with E-state index in [2.05, 4.69) is 36.8 Å². The molecule has 0 radical (unpaired) electrons. The molecule has 3 nitrogen and oxygen atoms in total. The van der Waals surface area contributed by atoms with Crippen LogP contribution in [0.2, 0.25) is 0 Å². The minimum Gasteiger partial charge on any atom is -0.311 e. The molecule has 0 aliphatic heterocycles. The molecule has 2 aromatic heterocycles. The van der Waals surface area contributed by atoms with Crippen LogP contribution in [0.3, 0.4) is 0 Å². The Morgan fingerprint density at radius 1 is 1.31 bits per heavy atom. The Morgan fingerprint density at radius 3 is 3.06 bits per heavy atom. The highest BCUT2D eigenvalue weighted by Crippen LogP contribution is 2.04. The fourth-order valence-electron chi connectivity index (χ4n) is 1.63. The van der Waals surface area contributed by atoms with Crippen LogP contribution in [0.5, 0.6) is 0 Å². The van der Waals surface area contributed by atoms with Crippen molar-refractivity contribution in [3.8, 4) is 0 Å². The number of nitrogens with zero attached hydrogens (tertiary/aromatic N) is 2. The molecule has 0 fully saturated rings. The van der Waals surface area contributed by atoms with Gasteiger partial charge in [-0.05, 0) is 31.5 Å². The van der Waals surface area contributed by atoms with Gasteiger partial charge < -0.3 is 9.72 Å². The fourth-order valence-corrected chi connectivity index (χ4v) is 2.03. The number of hydrogen-bond donors (Lipinski definition) is 1. The number of halogens is 1. The number of pyridine rings is 1. The molecule has 0 saturated carbocycles. The summed E-state index contributed by atoms with van der Waals surface area (Å²) in [5.41, 5.74) is 2.12. The van der Waals surface area contributed by atoms with Crippen LogP contribution >= 0.6 is 15.9 Å². The average molecular weight is 282 g/mol. The summed E-state index contributed by atoms with van der Waals surface area (Å²) < 4.78 is 2.05. The molecule has 86 valence electrons. The molecule has 0 aromatic carbocycles. The average Bonchev–Trinajstić information content (AvgIpc) is 2.71. The number of aromatic nitrogens is 2. The van der Waals surface area contributed by atoms with E-state index in [0.717, 1.165) is 29.8 Å². The molecule has 0 saturated heterocycles. The number of hydrogen-bond acceptors (Lipinski definition) is 2. The van der Waals surface area contributed by atoms with E-state index in [1.54, 1.807) is 0 Å². The summed E-state index contributed by atoms with van der Waals surface area (Å²) in [5, 5.41) is 4.49. The molecule has 0 amide bonds. The van der Waals surface area contributed by atoms with Gasteiger partial charge in [-0.25, -0.2) is 4.98 Å². The van der Waals surface area contributed by atoms with Gasteiger partial charge in [-0.15, -0.1) is 0 Å². The summed E-state index contributed by atoms with van der Waals surface area (Å²) in [6, 6.07) is 6.05. The summed E-state index contributed by atoms with van der Waals surface area (Å²) >= 11 is 3.43. The first-order chi connectivity index (χ1) is 7.90. The van der Waals surface area contributed by atoms with Crippen LogP contribution in [0.1, 0.15) is 18.5 Å². The minimum absolute atomic E-state index is 0.851. The van der Waals surface area contributed by atoms with E-state index < -0.39 is 0 Å². The summed E-state index contributed by atoms with van der Waals surface area (Å²) in [4.78, 5) is 4.52. The van der Waals surface area contributed by atoms with Crippen LogP contribution in [0, 0.1) is 0 Å². The SMILES string of the molecule is BrCCCCNCc1cn2ccccc2n1. The lowest BCUT2D eigenvalue weighted by atomic mass is 10.3. The van der Waals surface area contributed by atoms with Gasteiger partial charge in [0.2, 0.25) is 0 Å². The monoisotopic (exact) mass is 281 g/mol. The van der Waals surface area contributed by atoms with Gasteiger partial charge in [0.1, 0.15) is 5.65 Å². The molecule has 1 N–H and O–H groups in total. The van der Waals surface area contributed by atoms with Crippen molar-refractivity contribution in [3.05, 3.63) is 36.3 Å². The fraction of sp³-hybridized carbons (Fsp3) is 0.417. The molecule has 0 aliphatic rings. The number of alkyl halides is 1. The van der Waals surface area contributed by atoms with Crippen molar-refractivity contribution in [3.63, 3.8) is 0 Å². The Kier molecular flexibility index (Phi) is 4.36. The predicted molar refractivity (Wildman–Crippen MR) is 69.9 cm³/mol. The first-order valence-corrected chi connectivity index (χ1v) is 6.71. The molecule has 0 unspecified atom stereocenters. The zero-order valence-electron chi connectivity index (χ0n) is 9.19. The van der Waals surface area contributed by atoms with E-state index in [4.69, 9.17) is 0 Å². The maximum atomic E-state index is 4.52. The van der Waals surface area contributed by atoms with Gasteiger partial charge in [0.05, 0.1) is 5.69 Å². The molecule has 0 aliphatic carbocycles. The second-order valence-electron chi connectivity index (χ2n) is 3.77. The number of imidazole rings is 1. The predicted octanol–water partition coefficient (Wildman–Crippen LogP) is 2.60. The van der Waals surface area contributed by atoms with Gasteiger partial charge in [0.25, 0.3) is 0 Å². The van der Waals surface area contributed by atoms with E-state index in [1.165, 1.54) is 12.8 Å². The molecule has 2 heterocycles. The lowest BCUT2D eigenvalue weighted by Crippen LogP contribution is -2.14. The minimum atomic E-state index is 0.851. The standard InChI is InChI=1S/C12H16BrN3/c13-6-2-3-7-14-9-11-10-16-8-4-1-5-12(16)15-11/h1,4-5,8,10,14H,2-3,6-7,9H2. The zero-order valence-corrected chi connectivity index (χ0v) is 10.8. The molecule has 16 heavy (non-hydrogen) atoms. The Bertz CT molecular complexity index is 406. The van der Waals surface area contributed by atoms with Crippen molar-refractivity contribution in [2.45, 2.75) is 19.4 Å². The second-order valence-corrected chi connectivity index (χ2v) is 4.56. The maximum absolute atomic E-state index is 4.52. The van der Waals surface area contributed by atoms with Crippen LogP contribution in [-0.4, -0.2) is 21.3 Å². The normalized spacial score (nSPS) is 11.1. The Labute approximate surface area is 104 Å². The molecule has 0 bridgehead atoms. The van der Waals surface area contributed by atoms with E-state index >= 15 is 0 Å². The molecule has 0 atom stereocenters. The smallest absolute Gasteiger partial charge is 0.137 e. The number of fused-ring (bicyclic) bond motifs is 1. The van der Waals surface area contributed by atoms with Crippen LogP contribution in [0.15, 0.2) is 30.6 Å². The first-order valence-electron chi connectivity index (χ1n) is 5.59. The number of nitrogens with one attached hydrogen (secondary N) is 1. The largest absolute Gasteiger partial charge is 0.311 e. The van der Waals surface area contributed by atoms with Crippen LogP contribution in [-0.2, 0) is 6.54 Å². The molecule has 2 rings (SSSR count). The van der Waals surface area contributed by atoms with Crippen molar-refractivity contribution >= 4 is 21.6 Å². The first kappa shape index (κ1) is 11.6. The van der Waals surface area contributed by atoms with E-state index in [0.29, 0.717) is 0 Å². The Hall–Kier alpha value is -0.870. The maximum Gasteiger partial charge on any atom is 0.137 e. The molecule has 4 heteroatoms.